The Kier molecular flexibility index (Phi) is 7.02. The Bertz CT molecular complexity index is 371. The molecule has 0 saturated carbocycles. The first-order valence-electron chi connectivity index (χ1n) is 6.40. The lowest BCUT2D eigenvalue weighted by Crippen LogP contribution is -2.30. The average molecular weight is 290 g/mol. The minimum Gasteiger partial charge on any atom is -0.396 e. The summed E-state index contributed by atoms with van der Waals surface area (Å²) in [4.78, 5) is 0. The van der Waals surface area contributed by atoms with Gasteiger partial charge in [0.1, 0.15) is 0 Å². The van der Waals surface area contributed by atoms with Crippen LogP contribution in [0.15, 0.2) is 18.2 Å². The van der Waals surface area contributed by atoms with Gasteiger partial charge in [0.25, 0.3) is 0 Å². The quantitative estimate of drug-likeness (QED) is 0.789. The Hall–Kier alpha value is -0.280. The van der Waals surface area contributed by atoms with E-state index in [0.29, 0.717) is 16.1 Å². The molecule has 4 heteroatoms. The van der Waals surface area contributed by atoms with Crippen molar-refractivity contribution in [1.29, 1.82) is 0 Å². The van der Waals surface area contributed by atoms with Crippen molar-refractivity contribution in [2.75, 3.05) is 6.61 Å². The van der Waals surface area contributed by atoms with Crippen LogP contribution in [-0.4, -0.2) is 17.8 Å². The highest BCUT2D eigenvalue weighted by Crippen LogP contribution is 2.28. The molecule has 0 spiro atoms. The largest absolute Gasteiger partial charge is 0.396 e. The van der Waals surface area contributed by atoms with Crippen molar-refractivity contribution in [2.24, 2.45) is 0 Å². The third kappa shape index (κ3) is 4.77. The molecule has 18 heavy (non-hydrogen) atoms. The molecule has 0 aliphatic rings. The highest BCUT2D eigenvalue weighted by molar-refractivity contribution is 6.35. The lowest BCUT2D eigenvalue weighted by molar-refractivity contribution is 0.273. The van der Waals surface area contributed by atoms with E-state index in [-0.39, 0.29) is 12.6 Å². The standard InChI is InChI=1S/C14H21Cl2NO/c1-3-14(17-10(2)5-4-8-18)12-7-6-11(15)9-13(12)16/h6-7,9-10,14,17-18H,3-5,8H2,1-2H3. The van der Waals surface area contributed by atoms with Crippen LogP contribution in [0.3, 0.4) is 0 Å². The molecule has 0 bridgehead atoms. The molecule has 0 saturated heterocycles. The van der Waals surface area contributed by atoms with Crippen LogP contribution in [-0.2, 0) is 0 Å². The number of rotatable bonds is 7. The molecule has 2 atom stereocenters. The number of halogens is 2. The SMILES string of the molecule is CCC(NC(C)CCCO)c1ccc(Cl)cc1Cl. The summed E-state index contributed by atoms with van der Waals surface area (Å²) in [5, 5.41) is 13.7. The van der Waals surface area contributed by atoms with Gasteiger partial charge in [-0.15, -0.1) is 0 Å². The highest BCUT2D eigenvalue weighted by Gasteiger charge is 2.15. The van der Waals surface area contributed by atoms with E-state index >= 15 is 0 Å². The maximum atomic E-state index is 8.83. The van der Waals surface area contributed by atoms with Gasteiger partial charge in [-0.3, -0.25) is 0 Å². The smallest absolute Gasteiger partial charge is 0.0468 e. The summed E-state index contributed by atoms with van der Waals surface area (Å²) < 4.78 is 0. The molecule has 0 aromatic heterocycles. The lowest BCUT2D eigenvalue weighted by atomic mass is 10.0. The van der Waals surface area contributed by atoms with Crippen molar-refractivity contribution in [3.05, 3.63) is 33.8 Å². The van der Waals surface area contributed by atoms with Crippen LogP contribution in [0.2, 0.25) is 10.0 Å². The number of aliphatic hydroxyl groups is 1. The van der Waals surface area contributed by atoms with E-state index in [2.05, 4.69) is 19.2 Å². The first-order valence-corrected chi connectivity index (χ1v) is 7.16. The fraction of sp³-hybridized carbons (Fsp3) is 0.571. The van der Waals surface area contributed by atoms with Gasteiger partial charge in [0, 0.05) is 28.7 Å². The summed E-state index contributed by atoms with van der Waals surface area (Å²) in [7, 11) is 0. The zero-order valence-corrected chi connectivity index (χ0v) is 12.4. The van der Waals surface area contributed by atoms with Crippen LogP contribution in [0.4, 0.5) is 0 Å². The first-order chi connectivity index (χ1) is 8.58. The van der Waals surface area contributed by atoms with E-state index in [1.807, 2.05) is 12.1 Å². The Morgan fingerprint density at radius 1 is 1.33 bits per heavy atom. The zero-order valence-electron chi connectivity index (χ0n) is 10.9. The van der Waals surface area contributed by atoms with Gasteiger partial charge >= 0.3 is 0 Å². The van der Waals surface area contributed by atoms with E-state index in [1.165, 1.54) is 0 Å². The molecule has 1 rings (SSSR count). The van der Waals surface area contributed by atoms with E-state index < -0.39 is 0 Å². The third-order valence-corrected chi connectivity index (χ3v) is 3.59. The molecule has 1 aromatic carbocycles. The van der Waals surface area contributed by atoms with E-state index in [4.69, 9.17) is 28.3 Å². The van der Waals surface area contributed by atoms with Gasteiger partial charge in [-0.25, -0.2) is 0 Å². The second-order valence-corrected chi connectivity index (χ2v) is 5.40. The number of hydrogen-bond acceptors (Lipinski definition) is 2. The molecule has 0 fully saturated rings. The van der Waals surface area contributed by atoms with Gasteiger partial charge in [-0.05, 0) is 43.9 Å². The molecule has 2 unspecified atom stereocenters. The maximum absolute atomic E-state index is 8.83. The fourth-order valence-electron chi connectivity index (χ4n) is 2.04. The van der Waals surface area contributed by atoms with Crippen molar-refractivity contribution < 1.29 is 5.11 Å². The Balaban J connectivity index is 2.70. The van der Waals surface area contributed by atoms with Crippen LogP contribution in [0, 0.1) is 0 Å². The van der Waals surface area contributed by atoms with E-state index in [1.54, 1.807) is 6.07 Å². The number of hydrogen-bond donors (Lipinski definition) is 2. The van der Waals surface area contributed by atoms with Crippen molar-refractivity contribution in [2.45, 2.75) is 45.2 Å². The highest BCUT2D eigenvalue weighted by atomic mass is 35.5. The first kappa shape index (κ1) is 15.8. The summed E-state index contributed by atoms with van der Waals surface area (Å²) in [5.74, 6) is 0. The predicted molar refractivity (Wildman–Crippen MR) is 78.4 cm³/mol. The Morgan fingerprint density at radius 3 is 2.61 bits per heavy atom. The lowest BCUT2D eigenvalue weighted by Gasteiger charge is -2.23. The second-order valence-electron chi connectivity index (χ2n) is 4.56. The molecule has 102 valence electrons. The van der Waals surface area contributed by atoms with Crippen LogP contribution in [0.5, 0.6) is 0 Å². The summed E-state index contributed by atoms with van der Waals surface area (Å²) in [5.41, 5.74) is 1.08. The van der Waals surface area contributed by atoms with Gasteiger partial charge in [0.15, 0.2) is 0 Å². The molecule has 2 N–H and O–H groups in total. The van der Waals surface area contributed by atoms with Crippen molar-refractivity contribution in [1.82, 2.24) is 5.32 Å². The summed E-state index contributed by atoms with van der Waals surface area (Å²) >= 11 is 12.1. The molecular formula is C14H21Cl2NO. The van der Waals surface area contributed by atoms with E-state index in [0.717, 1.165) is 24.8 Å². The third-order valence-electron chi connectivity index (χ3n) is 3.03. The Labute approximate surface area is 119 Å². The molecule has 2 nitrogen and oxygen atoms in total. The van der Waals surface area contributed by atoms with Gasteiger partial charge in [-0.1, -0.05) is 36.2 Å². The molecular weight excluding hydrogens is 269 g/mol. The monoisotopic (exact) mass is 289 g/mol. The average Bonchev–Trinajstić information content (AvgIpc) is 2.34. The predicted octanol–water partition coefficient (Wildman–Crippen LogP) is 4.20. The van der Waals surface area contributed by atoms with Gasteiger partial charge < -0.3 is 10.4 Å². The van der Waals surface area contributed by atoms with Gasteiger partial charge in [0.05, 0.1) is 0 Å². The summed E-state index contributed by atoms with van der Waals surface area (Å²) in [6.07, 6.45) is 2.74. The van der Waals surface area contributed by atoms with Crippen molar-refractivity contribution in [3.8, 4) is 0 Å². The van der Waals surface area contributed by atoms with Gasteiger partial charge in [-0.2, -0.15) is 0 Å². The molecule has 0 aliphatic carbocycles. The molecule has 0 amide bonds. The van der Waals surface area contributed by atoms with Crippen LogP contribution < -0.4 is 5.32 Å². The summed E-state index contributed by atoms with van der Waals surface area (Å²) in [6.45, 7) is 4.49. The fourth-order valence-corrected chi connectivity index (χ4v) is 2.58. The number of aliphatic hydroxyl groups excluding tert-OH is 1. The van der Waals surface area contributed by atoms with Crippen LogP contribution >= 0.6 is 23.2 Å². The second kappa shape index (κ2) is 8.00. The topological polar surface area (TPSA) is 32.3 Å². The summed E-state index contributed by atoms with van der Waals surface area (Å²) in [6, 6.07) is 6.20. The minimum atomic E-state index is 0.225. The molecule has 1 aromatic rings. The van der Waals surface area contributed by atoms with Crippen molar-refractivity contribution in [3.63, 3.8) is 0 Å². The minimum absolute atomic E-state index is 0.225. The molecule has 0 heterocycles. The zero-order chi connectivity index (χ0) is 13.5. The number of nitrogens with one attached hydrogen (secondary N) is 1. The molecule has 0 aliphatic heterocycles. The van der Waals surface area contributed by atoms with E-state index in [9.17, 15) is 0 Å². The van der Waals surface area contributed by atoms with Crippen LogP contribution in [0.1, 0.15) is 44.7 Å². The normalized spacial score (nSPS) is 14.5. The van der Waals surface area contributed by atoms with Gasteiger partial charge in [0.2, 0.25) is 0 Å². The van der Waals surface area contributed by atoms with Crippen LogP contribution in [0.25, 0.3) is 0 Å². The maximum Gasteiger partial charge on any atom is 0.0468 e. The molecule has 0 radical (unpaired) electrons. The van der Waals surface area contributed by atoms with Crippen molar-refractivity contribution >= 4 is 23.2 Å². The Morgan fingerprint density at radius 2 is 2.06 bits per heavy atom. The number of benzene rings is 1.